The summed E-state index contributed by atoms with van der Waals surface area (Å²) < 4.78 is 7.59. The maximum absolute atomic E-state index is 13.1. The topological polar surface area (TPSA) is 111 Å². The summed E-state index contributed by atoms with van der Waals surface area (Å²) in [6, 6.07) is 21.4. The molecule has 1 aliphatic heterocycles. The minimum absolute atomic E-state index is 0.0884. The van der Waals surface area contributed by atoms with Crippen LogP contribution in [0.15, 0.2) is 101 Å². The Bertz CT molecular complexity index is 1510. The van der Waals surface area contributed by atoms with Crippen LogP contribution >= 0.6 is 0 Å². The van der Waals surface area contributed by atoms with Crippen molar-refractivity contribution < 1.29 is 9.21 Å². The molecule has 170 valence electrons. The molecule has 5 aromatic rings. The number of carbonyl (C=O) groups excluding carboxylic acids is 1. The number of hydrogen-bond acceptors (Lipinski definition) is 8. The molecule has 1 aliphatic rings. The van der Waals surface area contributed by atoms with Crippen molar-refractivity contribution in [3.05, 3.63) is 108 Å². The SMILES string of the molecule is O=C1Cc2ccccc2C(c2ccccc2)=NC1Nc1nnc(-c2ccc(-n3ccnc3)nc2)o1. The highest BCUT2D eigenvalue weighted by Gasteiger charge is 2.27. The van der Waals surface area contributed by atoms with Crippen molar-refractivity contribution in [2.24, 2.45) is 4.99 Å². The second-order valence-corrected chi connectivity index (χ2v) is 7.98. The largest absolute Gasteiger partial charge is 0.403 e. The van der Waals surface area contributed by atoms with E-state index in [1.165, 1.54) is 0 Å². The Morgan fingerprint density at radius 2 is 1.80 bits per heavy atom. The van der Waals surface area contributed by atoms with E-state index in [1.54, 1.807) is 23.3 Å². The van der Waals surface area contributed by atoms with Gasteiger partial charge in [-0.1, -0.05) is 59.7 Å². The average Bonchev–Trinajstić information content (AvgIpc) is 3.58. The van der Waals surface area contributed by atoms with Crippen LogP contribution in [0.5, 0.6) is 0 Å². The molecule has 1 unspecified atom stereocenters. The first-order chi connectivity index (χ1) is 17.2. The number of imidazole rings is 1. The Labute approximate surface area is 200 Å². The van der Waals surface area contributed by atoms with Crippen LogP contribution in [0.4, 0.5) is 6.01 Å². The second-order valence-electron chi connectivity index (χ2n) is 7.98. The summed E-state index contributed by atoms with van der Waals surface area (Å²) in [5, 5.41) is 11.2. The van der Waals surface area contributed by atoms with E-state index in [0.29, 0.717) is 5.56 Å². The van der Waals surface area contributed by atoms with Crippen molar-refractivity contribution in [1.82, 2.24) is 24.7 Å². The van der Waals surface area contributed by atoms with E-state index in [1.807, 2.05) is 72.9 Å². The number of benzene rings is 2. The van der Waals surface area contributed by atoms with Crippen LogP contribution in [0.1, 0.15) is 16.7 Å². The lowest BCUT2D eigenvalue weighted by Gasteiger charge is -2.11. The van der Waals surface area contributed by atoms with Crippen molar-refractivity contribution >= 4 is 17.5 Å². The normalized spacial score (nSPS) is 15.3. The van der Waals surface area contributed by atoms with E-state index < -0.39 is 6.17 Å². The van der Waals surface area contributed by atoms with Gasteiger partial charge in [-0.2, -0.15) is 0 Å². The smallest absolute Gasteiger partial charge is 0.317 e. The highest BCUT2D eigenvalue weighted by molar-refractivity contribution is 6.16. The fraction of sp³-hybridized carbons (Fsp3) is 0.0769. The Morgan fingerprint density at radius 3 is 2.60 bits per heavy atom. The molecule has 35 heavy (non-hydrogen) atoms. The predicted molar refractivity (Wildman–Crippen MR) is 129 cm³/mol. The number of fused-ring (bicyclic) bond motifs is 1. The highest BCUT2D eigenvalue weighted by atomic mass is 16.4. The molecule has 4 heterocycles. The van der Waals surface area contributed by atoms with Crippen LogP contribution in [0.3, 0.4) is 0 Å². The summed E-state index contributed by atoms with van der Waals surface area (Å²) in [5.41, 5.74) is 4.19. The van der Waals surface area contributed by atoms with Crippen molar-refractivity contribution in [3.8, 4) is 17.3 Å². The molecule has 0 aliphatic carbocycles. The molecule has 0 bridgehead atoms. The molecule has 1 N–H and O–H groups in total. The molecule has 0 saturated heterocycles. The van der Waals surface area contributed by atoms with Crippen molar-refractivity contribution in [3.63, 3.8) is 0 Å². The summed E-state index contributed by atoms with van der Waals surface area (Å²) in [7, 11) is 0. The van der Waals surface area contributed by atoms with Crippen LogP contribution in [-0.2, 0) is 11.2 Å². The number of ketones is 1. The lowest BCUT2D eigenvalue weighted by molar-refractivity contribution is -0.119. The lowest BCUT2D eigenvalue weighted by atomic mass is 9.96. The molecule has 0 saturated carbocycles. The maximum Gasteiger partial charge on any atom is 0.317 e. The third kappa shape index (κ3) is 4.10. The van der Waals surface area contributed by atoms with E-state index in [0.717, 1.165) is 28.2 Å². The minimum atomic E-state index is -0.868. The first kappa shape index (κ1) is 20.7. The van der Waals surface area contributed by atoms with Gasteiger partial charge in [0.15, 0.2) is 11.9 Å². The van der Waals surface area contributed by atoms with Gasteiger partial charge in [-0.05, 0) is 17.7 Å². The van der Waals surface area contributed by atoms with E-state index >= 15 is 0 Å². The second kappa shape index (κ2) is 8.79. The molecular formula is C26H19N7O2. The molecule has 0 radical (unpaired) electrons. The summed E-state index contributed by atoms with van der Waals surface area (Å²) in [4.78, 5) is 26.3. The van der Waals surface area contributed by atoms with E-state index in [4.69, 9.17) is 9.41 Å². The van der Waals surface area contributed by atoms with Crippen LogP contribution in [0.2, 0.25) is 0 Å². The average molecular weight is 461 g/mol. The molecular weight excluding hydrogens is 442 g/mol. The highest BCUT2D eigenvalue weighted by Crippen LogP contribution is 2.24. The van der Waals surface area contributed by atoms with Crippen LogP contribution in [-0.4, -0.2) is 42.4 Å². The van der Waals surface area contributed by atoms with Gasteiger partial charge >= 0.3 is 6.01 Å². The minimum Gasteiger partial charge on any atom is -0.403 e. The maximum atomic E-state index is 13.1. The van der Waals surface area contributed by atoms with Crippen molar-refractivity contribution in [2.45, 2.75) is 12.6 Å². The fourth-order valence-electron chi connectivity index (χ4n) is 3.97. The predicted octanol–water partition coefficient (Wildman–Crippen LogP) is 3.72. The van der Waals surface area contributed by atoms with E-state index in [2.05, 4.69) is 25.5 Å². The van der Waals surface area contributed by atoms with Gasteiger partial charge < -0.3 is 9.73 Å². The molecule has 9 heteroatoms. The van der Waals surface area contributed by atoms with Crippen LogP contribution in [0, 0.1) is 0 Å². The number of nitrogens with one attached hydrogen (secondary N) is 1. The van der Waals surface area contributed by atoms with Crippen molar-refractivity contribution in [1.29, 1.82) is 0 Å². The number of nitrogens with zero attached hydrogens (tertiary/aromatic N) is 6. The monoisotopic (exact) mass is 461 g/mol. The molecule has 6 rings (SSSR count). The molecule has 2 aromatic carbocycles. The number of anilines is 1. The standard InChI is InChI=1S/C26H19N7O2/c34-21-14-18-8-4-5-9-20(18)23(17-6-2-1-3-7-17)29-24(21)30-26-32-31-25(35-26)19-10-11-22(28-15-19)33-13-12-27-16-33/h1-13,15-16,24H,14H2,(H,30,32). The molecule has 3 aromatic heterocycles. The molecule has 1 atom stereocenters. The van der Waals surface area contributed by atoms with Gasteiger partial charge in [0.2, 0.25) is 0 Å². The summed E-state index contributed by atoms with van der Waals surface area (Å²) in [5.74, 6) is 0.916. The van der Waals surface area contributed by atoms with Crippen LogP contribution in [0.25, 0.3) is 17.3 Å². The molecule has 0 amide bonds. The number of pyridine rings is 1. The molecule has 0 spiro atoms. The number of Topliss-reactive ketones (excluding diaryl/α,β-unsaturated/α-hetero) is 1. The number of aromatic nitrogens is 5. The van der Waals surface area contributed by atoms with Gasteiger partial charge in [0.25, 0.3) is 5.89 Å². The quantitative estimate of drug-likeness (QED) is 0.425. The number of carbonyl (C=O) groups is 1. The zero-order chi connectivity index (χ0) is 23.6. The third-order valence-electron chi connectivity index (χ3n) is 5.70. The Kier molecular flexibility index (Phi) is 5.19. The lowest BCUT2D eigenvalue weighted by Crippen LogP contribution is -2.29. The Morgan fingerprint density at radius 1 is 0.943 bits per heavy atom. The Hall–Kier alpha value is -4.92. The summed E-state index contributed by atoms with van der Waals surface area (Å²) in [6.45, 7) is 0. The number of rotatable bonds is 5. The number of aliphatic imine (C=N–C) groups is 1. The van der Waals surface area contributed by atoms with Crippen molar-refractivity contribution in [2.75, 3.05) is 5.32 Å². The first-order valence-electron chi connectivity index (χ1n) is 11.0. The van der Waals surface area contributed by atoms with E-state index in [9.17, 15) is 4.79 Å². The van der Waals surface area contributed by atoms with Gasteiger partial charge in [0, 0.05) is 36.1 Å². The van der Waals surface area contributed by atoms with Gasteiger partial charge in [-0.15, -0.1) is 5.10 Å². The fourth-order valence-corrected chi connectivity index (χ4v) is 3.97. The Balaban J connectivity index is 1.29. The summed E-state index contributed by atoms with van der Waals surface area (Å²) >= 11 is 0. The third-order valence-corrected chi connectivity index (χ3v) is 5.70. The van der Waals surface area contributed by atoms with Gasteiger partial charge in [-0.25, -0.2) is 9.97 Å². The number of hydrogen-bond donors (Lipinski definition) is 1. The molecule has 9 nitrogen and oxygen atoms in total. The summed E-state index contributed by atoms with van der Waals surface area (Å²) in [6.07, 6.45) is 6.18. The zero-order valence-corrected chi connectivity index (χ0v) is 18.4. The molecule has 0 fully saturated rings. The van der Waals surface area contributed by atoms with Gasteiger partial charge in [-0.3, -0.25) is 14.4 Å². The van der Waals surface area contributed by atoms with E-state index in [-0.39, 0.29) is 24.1 Å². The van der Waals surface area contributed by atoms with Gasteiger partial charge in [0.1, 0.15) is 12.1 Å². The van der Waals surface area contributed by atoms with Gasteiger partial charge in [0.05, 0.1) is 11.3 Å². The zero-order valence-electron chi connectivity index (χ0n) is 18.4. The first-order valence-corrected chi connectivity index (χ1v) is 11.0. The van der Waals surface area contributed by atoms with Crippen LogP contribution < -0.4 is 5.32 Å².